The summed E-state index contributed by atoms with van der Waals surface area (Å²) in [4.78, 5) is 23.3. The van der Waals surface area contributed by atoms with E-state index in [0.29, 0.717) is 17.9 Å². The van der Waals surface area contributed by atoms with E-state index in [-0.39, 0.29) is 18.4 Å². The van der Waals surface area contributed by atoms with Crippen LogP contribution in [-0.4, -0.2) is 25.5 Å². The highest BCUT2D eigenvalue weighted by atomic mass is 16.5. The van der Waals surface area contributed by atoms with Crippen LogP contribution in [0.1, 0.15) is 15.9 Å². The first-order valence-corrected chi connectivity index (χ1v) is 6.39. The fourth-order valence-corrected chi connectivity index (χ4v) is 1.76. The molecule has 21 heavy (non-hydrogen) atoms. The van der Waals surface area contributed by atoms with Crippen molar-refractivity contribution in [2.45, 2.75) is 6.54 Å². The first-order chi connectivity index (χ1) is 10.2. The average molecular weight is 288 g/mol. The van der Waals surface area contributed by atoms with Gasteiger partial charge in [-0.3, -0.25) is 9.59 Å². The summed E-state index contributed by atoms with van der Waals surface area (Å²) in [6.07, 6.45) is 2.72. The van der Waals surface area contributed by atoms with Crippen LogP contribution in [0.5, 0.6) is 5.75 Å². The third kappa shape index (κ3) is 4.10. The summed E-state index contributed by atoms with van der Waals surface area (Å²) in [5, 5.41) is 5.22. The summed E-state index contributed by atoms with van der Waals surface area (Å²) < 4.78 is 9.99. The van der Waals surface area contributed by atoms with Gasteiger partial charge in [0.1, 0.15) is 12.0 Å². The second kappa shape index (κ2) is 7.14. The molecule has 0 saturated heterocycles. The normalized spacial score (nSPS) is 9.95. The number of methoxy groups -OCH3 is 1. The second-order valence-electron chi connectivity index (χ2n) is 4.28. The van der Waals surface area contributed by atoms with E-state index in [2.05, 4.69) is 10.6 Å². The van der Waals surface area contributed by atoms with E-state index in [1.165, 1.54) is 18.6 Å². The molecule has 0 saturated carbocycles. The van der Waals surface area contributed by atoms with Crippen molar-refractivity contribution in [3.05, 3.63) is 54.0 Å². The highest BCUT2D eigenvalue weighted by Gasteiger charge is 2.09. The van der Waals surface area contributed by atoms with Gasteiger partial charge in [-0.2, -0.15) is 0 Å². The Bertz CT molecular complexity index is 608. The van der Waals surface area contributed by atoms with Gasteiger partial charge in [-0.15, -0.1) is 0 Å². The number of amides is 2. The number of hydrogen-bond donors (Lipinski definition) is 2. The van der Waals surface area contributed by atoms with Gasteiger partial charge in [0, 0.05) is 12.1 Å². The molecule has 110 valence electrons. The summed E-state index contributed by atoms with van der Waals surface area (Å²) in [5.74, 6) is 0.0779. The molecule has 6 heteroatoms. The maximum atomic E-state index is 11.7. The lowest BCUT2D eigenvalue weighted by atomic mass is 10.2. The van der Waals surface area contributed by atoms with Crippen LogP contribution in [0.15, 0.2) is 47.3 Å². The summed E-state index contributed by atoms with van der Waals surface area (Å²) in [7, 11) is 1.58. The number of rotatable bonds is 6. The van der Waals surface area contributed by atoms with Crippen LogP contribution in [0.25, 0.3) is 0 Å². The Labute approximate surface area is 122 Å². The molecule has 0 aliphatic carbocycles. The molecule has 0 radical (unpaired) electrons. The zero-order valence-electron chi connectivity index (χ0n) is 11.6. The number of furan rings is 1. The fraction of sp³-hybridized carbons (Fsp3) is 0.200. The van der Waals surface area contributed by atoms with Crippen LogP contribution in [0, 0.1) is 0 Å². The molecule has 2 aromatic rings. The van der Waals surface area contributed by atoms with Crippen molar-refractivity contribution < 1.29 is 18.7 Å². The molecule has 0 atom stereocenters. The predicted molar refractivity (Wildman–Crippen MR) is 75.9 cm³/mol. The first kappa shape index (κ1) is 14.6. The highest BCUT2D eigenvalue weighted by Crippen LogP contribution is 2.16. The van der Waals surface area contributed by atoms with Gasteiger partial charge in [-0.05, 0) is 12.1 Å². The minimum absolute atomic E-state index is 0.0981. The lowest BCUT2D eigenvalue weighted by Gasteiger charge is -2.09. The van der Waals surface area contributed by atoms with Crippen LogP contribution in [0.4, 0.5) is 0 Å². The molecule has 2 rings (SSSR count). The zero-order chi connectivity index (χ0) is 15.1. The number of carbonyl (C=O) groups is 2. The van der Waals surface area contributed by atoms with Crippen LogP contribution >= 0.6 is 0 Å². The summed E-state index contributed by atoms with van der Waals surface area (Å²) in [6.45, 7) is 0.240. The van der Waals surface area contributed by atoms with Gasteiger partial charge in [0.2, 0.25) is 5.91 Å². The Balaban J connectivity index is 1.78. The molecule has 6 nitrogen and oxygen atoms in total. The molecular weight excluding hydrogens is 272 g/mol. The monoisotopic (exact) mass is 288 g/mol. The van der Waals surface area contributed by atoms with E-state index in [9.17, 15) is 9.59 Å². The summed E-state index contributed by atoms with van der Waals surface area (Å²) in [5.41, 5.74) is 1.25. The minimum atomic E-state index is -0.351. The SMILES string of the molecule is COc1ccccc1CNC(=O)CNC(=O)c1ccoc1. The molecular formula is C15H16N2O4. The predicted octanol–water partition coefficient (Wildman–Crippen LogP) is 1.33. The van der Waals surface area contributed by atoms with Crippen molar-refractivity contribution in [2.75, 3.05) is 13.7 Å². The molecule has 0 bridgehead atoms. The van der Waals surface area contributed by atoms with Gasteiger partial charge in [-0.1, -0.05) is 18.2 Å². The van der Waals surface area contributed by atoms with Crippen LogP contribution in [0.2, 0.25) is 0 Å². The van der Waals surface area contributed by atoms with Crippen LogP contribution in [0.3, 0.4) is 0 Å². The molecule has 0 spiro atoms. The maximum absolute atomic E-state index is 11.7. The van der Waals surface area contributed by atoms with Crippen molar-refractivity contribution in [1.29, 1.82) is 0 Å². The van der Waals surface area contributed by atoms with E-state index in [1.807, 2.05) is 24.3 Å². The van der Waals surface area contributed by atoms with Crippen molar-refractivity contribution in [1.82, 2.24) is 10.6 Å². The Kier molecular flexibility index (Phi) is 4.98. The molecule has 1 heterocycles. The van der Waals surface area contributed by atoms with Crippen molar-refractivity contribution in [2.24, 2.45) is 0 Å². The lowest BCUT2D eigenvalue weighted by molar-refractivity contribution is -0.120. The minimum Gasteiger partial charge on any atom is -0.496 e. The standard InChI is InChI=1S/C15H16N2O4/c1-20-13-5-3-2-4-11(13)8-16-14(18)9-17-15(19)12-6-7-21-10-12/h2-7,10H,8-9H2,1H3,(H,16,18)(H,17,19). The Hall–Kier alpha value is -2.76. The molecule has 1 aromatic heterocycles. The first-order valence-electron chi connectivity index (χ1n) is 6.39. The number of hydrogen-bond acceptors (Lipinski definition) is 4. The van der Waals surface area contributed by atoms with E-state index in [1.54, 1.807) is 7.11 Å². The molecule has 0 aliphatic rings. The van der Waals surface area contributed by atoms with Crippen molar-refractivity contribution in [3.8, 4) is 5.75 Å². The fourth-order valence-electron chi connectivity index (χ4n) is 1.76. The highest BCUT2D eigenvalue weighted by molar-refractivity contribution is 5.96. The van der Waals surface area contributed by atoms with Crippen LogP contribution < -0.4 is 15.4 Å². The molecule has 2 N–H and O–H groups in total. The van der Waals surface area contributed by atoms with Crippen molar-refractivity contribution >= 4 is 11.8 Å². The third-order valence-electron chi connectivity index (χ3n) is 2.86. The van der Waals surface area contributed by atoms with E-state index >= 15 is 0 Å². The Morgan fingerprint density at radius 3 is 2.71 bits per heavy atom. The molecule has 1 aromatic carbocycles. The van der Waals surface area contributed by atoms with Crippen molar-refractivity contribution in [3.63, 3.8) is 0 Å². The van der Waals surface area contributed by atoms with E-state index in [4.69, 9.17) is 9.15 Å². The Morgan fingerprint density at radius 2 is 2.00 bits per heavy atom. The largest absolute Gasteiger partial charge is 0.496 e. The van der Waals surface area contributed by atoms with E-state index in [0.717, 1.165) is 5.56 Å². The third-order valence-corrected chi connectivity index (χ3v) is 2.86. The molecule has 2 amide bonds. The number of benzene rings is 1. The Morgan fingerprint density at radius 1 is 1.19 bits per heavy atom. The van der Waals surface area contributed by atoms with Gasteiger partial charge < -0.3 is 19.8 Å². The van der Waals surface area contributed by atoms with Gasteiger partial charge in [0.15, 0.2) is 0 Å². The second-order valence-corrected chi connectivity index (χ2v) is 4.28. The number of ether oxygens (including phenoxy) is 1. The summed E-state index contributed by atoms with van der Waals surface area (Å²) >= 11 is 0. The topological polar surface area (TPSA) is 80.6 Å². The average Bonchev–Trinajstić information content (AvgIpc) is 3.05. The molecule has 0 fully saturated rings. The van der Waals surface area contributed by atoms with E-state index < -0.39 is 0 Å². The number of para-hydroxylation sites is 1. The van der Waals surface area contributed by atoms with Gasteiger partial charge in [-0.25, -0.2) is 0 Å². The maximum Gasteiger partial charge on any atom is 0.254 e. The number of nitrogens with one attached hydrogen (secondary N) is 2. The zero-order valence-corrected chi connectivity index (χ0v) is 11.6. The van der Waals surface area contributed by atoms with Gasteiger partial charge in [0.05, 0.1) is 25.5 Å². The quantitative estimate of drug-likeness (QED) is 0.840. The lowest BCUT2D eigenvalue weighted by Crippen LogP contribution is -2.36. The smallest absolute Gasteiger partial charge is 0.254 e. The van der Waals surface area contributed by atoms with Gasteiger partial charge in [0.25, 0.3) is 5.91 Å². The van der Waals surface area contributed by atoms with Gasteiger partial charge >= 0.3 is 0 Å². The summed E-state index contributed by atoms with van der Waals surface area (Å²) in [6, 6.07) is 8.94. The molecule has 0 aliphatic heterocycles. The number of carbonyl (C=O) groups excluding carboxylic acids is 2. The molecule has 0 unspecified atom stereocenters. The van der Waals surface area contributed by atoms with Crippen LogP contribution in [-0.2, 0) is 11.3 Å².